The van der Waals surface area contributed by atoms with Gasteiger partial charge in [-0.15, -0.1) is 0 Å². The summed E-state index contributed by atoms with van der Waals surface area (Å²) in [7, 11) is 0. The van der Waals surface area contributed by atoms with Gasteiger partial charge < -0.3 is 20.1 Å². The molecule has 0 unspecified atom stereocenters. The standard InChI is InChI=1S/C25H29BrN2O6/c1-4-17-14-19(26)10-13-21(17)28-23(30)15-33-24(31)7-5-6-22(29)27-20-11-8-18(9-12-20)25(32)34-16(2)3/h8-14,16H,4-7,15H2,1-3H3,(H,27,29)(H,28,30). The number of halogens is 1. The van der Waals surface area contributed by atoms with Gasteiger partial charge in [-0.3, -0.25) is 14.4 Å². The van der Waals surface area contributed by atoms with Gasteiger partial charge in [-0.25, -0.2) is 4.79 Å². The third-order valence-corrected chi connectivity index (χ3v) is 5.11. The minimum atomic E-state index is -0.553. The highest BCUT2D eigenvalue weighted by atomic mass is 79.9. The van der Waals surface area contributed by atoms with Gasteiger partial charge >= 0.3 is 11.9 Å². The molecule has 0 aliphatic heterocycles. The molecule has 0 heterocycles. The number of benzene rings is 2. The van der Waals surface area contributed by atoms with E-state index >= 15 is 0 Å². The molecular formula is C25H29BrN2O6. The second kappa shape index (κ2) is 13.5. The summed E-state index contributed by atoms with van der Waals surface area (Å²) in [5.41, 5.74) is 2.56. The van der Waals surface area contributed by atoms with Crippen LogP contribution in [0.25, 0.3) is 0 Å². The molecule has 2 rings (SSSR count). The highest BCUT2D eigenvalue weighted by molar-refractivity contribution is 9.10. The number of ether oxygens (including phenoxy) is 2. The Labute approximate surface area is 207 Å². The number of carbonyl (C=O) groups is 4. The van der Waals surface area contributed by atoms with E-state index in [9.17, 15) is 19.2 Å². The van der Waals surface area contributed by atoms with Gasteiger partial charge in [-0.1, -0.05) is 22.9 Å². The number of carbonyl (C=O) groups excluding carboxylic acids is 4. The molecule has 34 heavy (non-hydrogen) atoms. The molecule has 2 aromatic carbocycles. The quantitative estimate of drug-likeness (QED) is 0.399. The minimum absolute atomic E-state index is 0.0131. The Morgan fingerprint density at radius 1 is 0.941 bits per heavy atom. The van der Waals surface area contributed by atoms with Crippen molar-refractivity contribution in [2.24, 2.45) is 0 Å². The van der Waals surface area contributed by atoms with Crippen molar-refractivity contribution in [1.29, 1.82) is 0 Å². The number of hydrogen-bond donors (Lipinski definition) is 2. The van der Waals surface area contributed by atoms with Crippen LogP contribution in [0.1, 0.15) is 56.0 Å². The second-order valence-electron chi connectivity index (χ2n) is 7.80. The van der Waals surface area contributed by atoms with Crippen molar-refractivity contribution < 1.29 is 28.7 Å². The number of anilines is 2. The highest BCUT2D eigenvalue weighted by Gasteiger charge is 2.12. The first-order chi connectivity index (χ1) is 16.2. The summed E-state index contributed by atoms with van der Waals surface area (Å²) in [6, 6.07) is 11.9. The van der Waals surface area contributed by atoms with Crippen molar-refractivity contribution in [3.05, 3.63) is 58.1 Å². The maximum atomic E-state index is 12.1. The van der Waals surface area contributed by atoms with Crippen molar-refractivity contribution in [3.8, 4) is 0 Å². The smallest absolute Gasteiger partial charge is 0.338 e. The summed E-state index contributed by atoms with van der Waals surface area (Å²) < 4.78 is 11.0. The number of esters is 2. The van der Waals surface area contributed by atoms with Crippen LogP contribution in [0.3, 0.4) is 0 Å². The molecule has 8 nitrogen and oxygen atoms in total. The van der Waals surface area contributed by atoms with Crippen molar-refractivity contribution in [1.82, 2.24) is 0 Å². The molecule has 0 bridgehead atoms. The molecule has 182 valence electrons. The summed E-state index contributed by atoms with van der Waals surface area (Å²) >= 11 is 3.39. The summed E-state index contributed by atoms with van der Waals surface area (Å²) in [5.74, 6) is -1.68. The van der Waals surface area contributed by atoms with Crippen LogP contribution in [0.15, 0.2) is 46.9 Å². The van der Waals surface area contributed by atoms with Gasteiger partial charge in [0.15, 0.2) is 6.61 Å². The molecule has 0 aliphatic rings. The van der Waals surface area contributed by atoms with Crippen LogP contribution in [-0.4, -0.2) is 36.5 Å². The number of amides is 2. The summed E-state index contributed by atoms with van der Waals surface area (Å²) in [4.78, 5) is 47.9. The second-order valence-corrected chi connectivity index (χ2v) is 8.71. The maximum Gasteiger partial charge on any atom is 0.338 e. The van der Waals surface area contributed by atoms with E-state index < -0.39 is 24.5 Å². The predicted octanol–water partition coefficient (Wildman–Crippen LogP) is 4.87. The molecule has 2 aromatic rings. The fraction of sp³-hybridized carbons (Fsp3) is 0.360. The molecule has 0 fully saturated rings. The molecule has 0 aliphatic carbocycles. The molecular weight excluding hydrogens is 504 g/mol. The largest absolute Gasteiger partial charge is 0.459 e. The zero-order chi connectivity index (χ0) is 25.1. The lowest BCUT2D eigenvalue weighted by Crippen LogP contribution is -2.21. The van der Waals surface area contributed by atoms with Gasteiger partial charge in [-0.2, -0.15) is 0 Å². The van der Waals surface area contributed by atoms with E-state index in [1.54, 1.807) is 44.2 Å². The van der Waals surface area contributed by atoms with Crippen molar-refractivity contribution in [3.63, 3.8) is 0 Å². The molecule has 0 saturated heterocycles. The van der Waals surface area contributed by atoms with Gasteiger partial charge in [-0.05, 0) is 74.7 Å². The number of hydrogen-bond acceptors (Lipinski definition) is 6. The van der Waals surface area contributed by atoms with E-state index in [1.165, 1.54) is 0 Å². The van der Waals surface area contributed by atoms with Gasteiger partial charge in [0.2, 0.25) is 5.91 Å². The molecule has 0 aromatic heterocycles. The van der Waals surface area contributed by atoms with Gasteiger partial charge in [0.05, 0.1) is 11.7 Å². The summed E-state index contributed by atoms with van der Waals surface area (Å²) in [5, 5.41) is 5.44. The number of nitrogens with one attached hydrogen (secondary N) is 2. The normalized spacial score (nSPS) is 10.5. The monoisotopic (exact) mass is 532 g/mol. The maximum absolute atomic E-state index is 12.1. The Kier molecular flexibility index (Phi) is 10.7. The number of aryl methyl sites for hydroxylation is 1. The van der Waals surface area contributed by atoms with E-state index in [1.807, 2.05) is 19.1 Å². The van der Waals surface area contributed by atoms with Crippen LogP contribution >= 0.6 is 15.9 Å². The van der Waals surface area contributed by atoms with Crippen LogP contribution < -0.4 is 10.6 Å². The van der Waals surface area contributed by atoms with Crippen LogP contribution in [0.2, 0.25) is 0 Å². The van der Waals surface area contributed by atoms with Crippen molar-refractivity contribution in [2.75, 3.05) is 17.2 Å². The van der Waals surface area contributed by atoms with Crippen LogP contribution in [0.4, 0.5) is 11.4 Å². The first kappa shape index (κ1) is 27.0. The van der Waals surface area contributed by atoms with E-state index in [0.717, 1.165) is 16.5 Å². The zero-order valence-corrected chi connectivity index (χ0v) is 21.1. The van der Waals surface area contributed by atoms with E-state index in [4.69, 9.17) is 9.47 Å². The fourth-order valence-electron chi connectivity index (χ4n) is 2.97. The minimum Gasteiger partial charge on any atom is -0.459 e. The van der Waals surface area contributed by atoms with Gasteiger partial charge in [0.1, 0.15) is 0 Å². The van der Waals surface area contributed by atoms with E-state index in [-0.39, 0.29) is 31.3 Å². The summed E-state index contributed by atoms with van der Waals surface area (Å²) in [6.45, 7) is 5.12. The zero-order valence-electron chi connectivity index (χ0n) is 19.5. The van der Waals surface area contributed by atoms with E-state index in [0.29, 0.717) is 16.9 Å². The Morgan fingerprint density at radius 2 is 1.65 bits per heavy atom. The predicted molar refractivity (Wildman–Crippen MR) is 133 cm³/mol. The average molecular weight is 533 g/mol. The molecule has 0 radical (unpaired) electrons. The first-order valence-electron chi connectivity index (χ1n) is 11.0. The lowest BCUT2D eigenvalue weighted by molar-refractivity contribution is -0.147. The molecule has 9 heteroatoms. The molecule has 2 N–H and O–H groups in total. The van der Waals surface area contributed by atoms with Crippen molar-refractivity contribution >= 4 is 51.1 Å². The fourth-order valence-corrected chi connectivity index (χ4v) is 3.38. The van der Waals surface area contributed by atoms with Crippen LogP contribution in [-0.2, 0) is 30.3 Å². The molecule has 0 saturated carbocycles. The van der Waals surface area contributed by atoms with Crippen LogP contribution in [0, 0.1) is 0 Å². The van der Waals surface area contributed by atoms with Crippen molar-refractivity contribution in [2.45, 2.75) is 52.6 Å². The molecule has 0 spiro atoms. The van der Waals surface area contributed by atoms with E-state index in [2.05, 4.69) is 26.6 Å². The van der Waals surface area contributed by atoms with Gasteiger partial charge in [0, 0.05) is 28.7 Å². The third-order valence-electron chi connectivity index (χ3n) is 4.62. The Morgan fingerprint density at radius 3 is 2.29 bits per heavy atom. The molecule has 0 atom stereocenters. The van der Waals surface area contributed by atoms with Crippen LogP contribution in [0.5, 0.6) is 0 Å². The molecule has 2 amide bonds. The lowest BCUT2D eigenvalue weighted by Gasteiger charge is -2.11. The number of rotatable bonds is 11. The first-order valence-corrected chi connectivity index (χ1v) is 11.8. The Hall–Kier alpha value is -3.20. The Balaban J connectivity index is 1.68. The lowest BCUT2D eigenvalue weighted by atomic mass is 10.1. The Bertz CT molecular complexity index is 1020. The average Bonchev–Trinajstić information content (AvgIpc) is 2.78. The summed E-state index contributed by atoms with van der Waals surface area (Å²) in [6.07, 6.45) is 0.924. The van der Waals surface area contributed by atoms with Gasteiger partial charge in [0.25, 0.3) is 5.91 Å². The SMILES string of the molecule is CCc1cc(Br)ccc1NC(=O)COC(=O)CCCC(=O)Nc1ccc(C(=O)OC(C)C)cc1. The third kappa shape index (κ3) is 9.35. The highest BCUT2D eigenvalue weighted by Crippen LogP contribution is 2.21. The topological polar surface area (TPSA) is 111 Å².